The minimum Gasteiger partial charge on any atom is -0.482 e. The number of ether oxygens (including phenoxy) is 2. The number of fused-ring (bicyclic) bond motifs is 2. The predicted molar refractivity (Wildman–Crippen MR) is 90.1 cm³/mol. The van der Waals surface area contributed by atoms with E-state index in [2.05, 4.69) is 14.9 Å². The molecule has 4 rings (SSSR count). The van der Waals surface area contributed by atoms with Crippen LogP contribution in [0.5, 0.6) is 5.75 Å². The van der Waals surface area contributed by atoms with Crippen LogP contribution in [0.3, 0.4) is 0 Å². The summed E-state index contributed by atoms with van der Waals surface area (Å²) in [5, 5.41) is 2.63. The van der Waals surface area contributed by atoms with Gasteiger partial charge in [-0.1, -0.05) is 0 Å². The highest BCUT2D eigenvalue weighted by Crippen LogP contribution is 2.30. The number of hydrogen-bond donors (Lipinski definition) is 2. The third kappa shape index (κ3) is 3.37. The van der Waals surface area contributed by atoms with E-state index in [4.69, 9.17) is 9.47 Å². The van der Waals surface area contributed by atoms with Gasteiger partial charge in [0.2, 0.25) is 10.0 Å². The molecular weight excluding hydrogens is 346 g/mol. The molecule has 2 fully saturated rings. The van der Waals surface area contributed by atoms with E-state index in [0.29, 0.717) is 24.6 Å². The largest absolute Gasteiger partial charge is 0.482 e. The highest BCUT2D eigenvalue weighted by Gasteiger charge is 2.38. The summed E-state index contributed by atoms with van der Waals surface area (Å²) in [4.78, 5) is 13.8. The lowest BCUT2D eigenvalue weighted by Gasteiger charge is -2.33. The topological polar surface area (TPSA) is 97.0 Å². The average molecular weight is 367 g/mol. The Labute approximate surface area is 146 Å². The van der Waals surface area contributed by atoms with Gasteiger partial charge in [-0.15, -0.1) is 0 Å². The minimum atomic E-state index is -3.68. The Kier molecular flexibility index (Phi) is 4.19. The summed E-state index contributed by atoms with van der Waals surface area (Å²) in [7, 11) is -3.68. The second kappa shape index (κ2) is 6.24. The Bertz CT molecular complexity index is 797. The van der Waals surface area contributed by atoms with Gasteiger partial charge in [0.15, 0.2) is 6.61 Å². The first-order valence-electron chi connectivity index (χ1n) is 8.35. The van der Waals surface area contributed by atoms with E-state index in [1.807, 2.05) is 6.92 Å². The fourth-order valence-electron chi connectivity index (χ4n) is 3.64. The van der Waals surface area contributed by atoms with Gasteiger partial charge in [0.1, 0.15) is 5.75 Å². The molecule has 8 nitrogen and oxygen atoms in total. The van der Waals surface area contributed by atoms with Crippen molar-refractivity contribution in [1.29, 1.82) is 0 Å². The number of carbonyl (C=O) groups is 1. The predicted octanol–water partition coefficient (Wildman–Crippen LogP) is 0.157. The van der Waals surface area contributed by atoms with Gasteiger partial charge in [0, 0.05) is 25.2 Å². The Morgan fingerprint density at radius 2 is 2.16 bits per heavy atom. The first-order chi connectivity index (χ1) is 11.9. The van der Waals surface area contributed by atoms with Crippen molar-refractivity contribution >= 4 is 21.6 Å². The van der Waals surface area contributed by atoms with Gasteiger partial charge in [0.25, 0.3) is 5.91 Å². The van der Waals surface area contributed by atoms with Gasteiger partial charge in [-0.05, 0) is 31.5 Å². The smallest absolute Gasteiger partial charge is 0.262 e. The van der Waals surface area contributed by atoms with Gasteiger partial charge in [-0.25, -0.2) is 13.1 Å². The molecule has 0 spiro atoms. The standard InChI is InChI=1S/C16H21N3O5S/c1-10-6-19-7-11(4-12(19)8-23-10)18-25(21,22)13-2-3-15-14(5-13)17-16(20)9-24-15/h2-3,5,10-12,18H,4,6-9H2,1H3,(H,17,20)/t10-,11+,12+/m1/s1. The lowest BCUT2D eigenvalue weighted by Crippen LogP contribution is -2.45. The molecule has 0 aliphatic carbocycles. The lowest BCUT2D eigenvalue weighted by atomic mass is 10.2. The molecule has 3 heterocycles. The van der Waals surface area contributed by atoms with E-state index in [0.717, 1.165) is 13.0 Å². The van der Waals surface area contributed by atoms with E-state index in [9.17, 15) is 13.2 Å². The number of benzene rings is 1. The summed E-state index contributed by atoms with van der Waals surface area (Å²) in [6.45, 7) is 4.11. The highest BCUT2D eigenvalue weighted by molar-refractivity contribution is 7.89. The number of nitrogens with zero attached hydrogens (tertiary/aromatic N) is 1. The van der Waals surface area contributed by atoms with Crippen LogP contribution in [0.1, 0.15) is 13.3 Å². The quantitative estimate of drug-likeness (QED) is 0.790. The molecule has 3 atom stereocenters. The van der Waals surface area contributed by atoms with Crippen LogP contribution in [0.25, 0.3) is 0 Å². The van der Waals surface area contributed by atoms with Crippen molar-refractivity contribution in [3.05, 3.63) is 18.2 Å². The summed E-state index contributed by atoms with van der Waals surface area (Å²) in [5.74, 6) is 0.180. The summed E-state index contributed by atoms with van der Waals surface area (Å²) in [6.07, 6.45) is 0.910. The number of carbonyl (C=O) groups excluding carboxylic acids is 1. The van der Waals surface area contributed by atoms with Crippen LogP contribution < -0.4 is 14.8 Å². The van der Waals surface area contributed by atoms with Crippen LogP contribution >= 0.6 is 0 Å². The van der Waals surface area contributed by atoms with Crippen LogP contribution in [-0.4, -0.2) is 63.7 Å². The molecule has 0 unspecified atom stereocenters. The lowest BCUT2D eigenvalue weighted by molar-refractivity contribution is -0.118. The first kappa shape index (κ1) is 16.8. The van der Waals surface area contributed by atoms with Crippen molar-refractivity contribution in [3.63, 3.8) is 0 Å². The van der Waals surface area contributed by atoms with Gasteiger partial charge in [-0.3, -0.25) is 9.69 Å². The Morgan fingerprint density at radius 3 is 3.00 bits per heavy atom. The zero-order valence-electron chi connectivity index (χ0n) is 13.9. The molecule has 1 aromatic rings. The van der Waals surface area contributed by atoms with Crippen molar-refractivity contribution in [2.75, 3.05) is 31.6 Å². The van der Waals surface area contributed by atoms with Crippen molar-refractivity contribution in [3.8, 4) is 5.75 Å². The fraction of sp³-hybridized carbons (Fsp3) is 0.562. The first-order valence-corrected chi connectivity index (χ1v) is 9.84. The van der Waals surface area contributed by atoms with Gasteiger partial charge in [-0.2, -0.15) is 0 Å². The molecule has 0 aromatic heterocycles. The van der Waals surface area contributed by atoms with Crippen molar-refractivity contribution in [2.45, 2.75) is 36.4 Å². The number of morpholine rings is 1. The molecule has 136 valence electrons. The van der Waals surface area contributed by atoms with E-state index >= 15 is 0 Å². The zero-order chi connectivity index (χ0) is 17.6. The van der Waals surface area contributed by atoms with Crippen molar-refractivity contribution in [1.82, 2.24) is 9.62 Å². The third-order valence-electron chi connectivity index (χ3n) is 4.81. The summed E-state index contributed by atoms with van der Waals surface area (Å²) in [5.41, 5.74) is 0.380. The molecule has 25 heavy (non-hydrogen) atoms. The summed E-state index contributed by atoms with van der Waals surface area (Å²) < 4.78 is 39.1. The number of nitrogens with one attached hydrogen (secondary N) is 2. The Hall–Kier alpha value is -1.68. The molecule has 9 heteroatoms. The summed E-state index contributed by atoms with van der Waals surface area (Å²) in [6, 6.07) is 4.61. The van der Waals surface area contributed by atoms with Crippen molar-refractivity contribution in [2.24, 2.45) is 0 Å². The maximum atomic E-state index is 12.7. The number of sulfonamides is 1. The molecule has 0 bridgehead atoms. The zero-order valence-corrected chi connectivity index (χ0v) is 14.7. The Morgan fingerprint density at radius 1 is 1.32 bits per heavy atom. The van der Waals surface area contributed by atoms with Crippen LogP contribution in [0.4, 0.5) is 5.69 Å². The van der Waals surface area contributed by atoms with Gasteiger partial charge < -0.3 is 14.8 Å². The van der Waals surface area contributed by atoms with Crippen LogP contribution in [0.2, 0.25) is 0 Å². The van der Waals surface area contributed by atoms with E-state index in [1.165, 1.54) is 12.1 Å². The van der Waals surface area contributed by atoms with E-state index in [1.54, 1.807) is 6.07 Å². The molecule has 1 aromatic carbocycles. The minimum absolute atomic E-state index is 0.0584. The molecule has 0 saturated carbocycles. The maximum absolute atomic E-state index is 12.7. The molecule has 3 aliphatic rings. The molecule has 0 radical (unpaired) electrons. The number of hydrogen-bond acceptors (Lipinski definition) is 6. The summed E-state index contributed by atoms with van der Waals surface area (Å²) >= 11 is 0. The van der Waals surface area contributed by atoms with Gasteiger partial charge in [0.05, 0.1) is 23.3 Å². The normalized spacial score (nSPS) is 29.5. The molecule has 3 aliphatic heterocycles. The van der Waals surface area contributed by atoms with Crippen molar-refractivity contribution < 1.29 is 22.7 Å². The third-order valence-corrected chi connectivity index (χ3v) is 6.33. The van der Waals surface area contributed by atoms with Gasteiger partial charge >= 0.3 is 0 Å². The number of anilines is 1. The number of amides is 1. The maximum Gasteiger partial charge on any atom is 0.262 e. The van der Waals surface area contributed by atoms with E-state index in [-0.39, 0.29) is 35.6 Å². The SMILES string of the molecule is C[C@@H]1CN2C[C@@H](NS(=O)(=O)c3ccc4c(c3)NC(=O)CO4)C[C@H]2CO1. The highest BCUT2D eigenvalue weighted by atomic mass is 32.2. The van der Waals surface area contributed by atoms with Crippen LogP contribution in [-0.2, 0) is 19.6 Å². The monoisotopic (exact) mass is 367 g/mol. The van der Waals surface area contributed by atoms with Crippen LogP contribution in [0.15, 0.2) is 23.1 Å². The Balaban J connectivity index is 1.49. The second-order valence-corrected chi connectivity index (χ2v) is 8.51. The molecular formula is C16H21N3O5S. The number of rotatable bonds is 3. The second-order valence-electron chi connectivity index (χ2n) is 6.80. The molecule has 1 amide bonds. The fourth-order valence-corrected chi connectivity index (χ4v) is 4.91. The van der Waals surface area contributed by atoms with E-state index < -0.39 is 10.0 Å². The average Bonchev–Trinajstić information content (AvgIpc) is 2.94. The van der Waals surface area contributed by atoms with Crippen LogP contribution in [0, 0.1) is 0 Å². The molecule has 2 saturated heterocycles. The molecule has 2 N–H and O–H groups in total.